The average molecular weight is 392 g/mol. The first-order chi connectivity index (χ1) is 11.6. The van der Waals surface area contributed by atoms with E-state index in [1.807, 2.05) is 56.3 Å². The molecule has 0 saturated heterocycles. The van der Waals surface area contributed by atoms with Crippen LogP contribution < -0.4 is 14.8 Å². The zero-order chi connectivity index (χ0) is 17.4. The summed E-state index contributed by atoms with van der Waals surface area (Å²) in [4.78, 5) is 12.1. The van der Waals surface area contributed by atoms with Crippen molar-refractivity contribution in [3.8, 4) is 11.5 Å². The highest BCUT2D eigenvalue weighted by Crippen LogP contribution is 2.29. The van der Waals surface area contributed by atoms with E-state index in [1.54, 1.807) is 0 Å². The summed E-state index contributed by atoms with van der Waals surface area (Å²) in [5.74, 6) is 1.46. The Bertz CT molecular complexity index is 671. The summed E-state index contributed by atoms with van der Waals surface area (Å²) < 4.78 is 12.1. The topological polar surface area (TPSA) is 47.6 Å². The monoisotopic (exact) mass is 391 g/mol. The number of benzene rings is 2. The minimum Gasteiger partial charge on any atom is -0.490 e. The van der Waals surface area contributed by atoms with Gasteiger partial charge in [0.25, 0.3) is 0 Å². The van der Waals surface area contributed by atoms with Crippen molar-refractivity contribution in [3.05, 3.63) is 52.5 Å². The Morgan fingerprint density at radius 2 is 1.67 bits per heavy atom. The Labute approximate surface area is 151 Å². The Kier molecular flexibility index (Phi) is 7.12. The number of hydrogen-bond acceptors (Lipinski definition) is 3. The molecule has 1 N–H and O–H groups in total. The predicted molar refractivity (Wildman–Crippen MR) is 99.9 cm³/mol. The van der Waals surface area contributed by atoms with Crippen LogP contribution in [0.1, 0.15) is 25.8 Å². The molecule has 0 heterocycles. The van der Waals surface area contributed by atoms with Crippen LogP contribution in [0.4, 0.5) is 5.69 Å². The largest absolute Gasteiger partial charge is 0.490 e. The number of carbonyl (C=O) groups is 1. The van der Waals surface area contributed by atoms with Gasteiger partial charge in [0.2, 0.25) is 5.91 Å². The van der Waals surface area contributed by atoms with Crippen LogP contribution in [0, 0.1) is 0 Å². The van der Waals surface area contributed by atoms with Crippen molar-refractivity contribution in [2.75, 3.05) is 18.5 Å². The molecule has 0 aliphatic heterocycles. The molecule has 0 saturated carbocycles. The number of nitrogens with one attached hydrogen (secondary N) is 1. The van der Waals surface area contributed by atoms with Crippen molar-refractivity contribution in [1.29, 1.82) is 0 Å². The van der Waals surface area contributed by atoms with Gasteiger partial charge in [-0.1, -0.05) is 22.0 Å². The van der Waals surface area contributed by atoms with Gasteiger partial charge >= 0.3 is 0 Å². The summed E-state index contributed by atoms with van der Waals surface area (Å²) in [5.41, 5.74) is 1.85. The van der Waals surface area contributed by atoms with Crippen LogP contribution in [-0.4, -0.2) is 19.1 Å². The van der Waals surface area contributed by atoms with E-state index in [2.05, 4.69) is 21.2 Å². The highest BCUT2D eigenvalue weighted by Gasteiger charge is 2.08. The van der Waals surface area contributed by atoms with Gasteiger partial charge in [-0.3, -0.25) is 4.79 Å². The van der Waals surface area contributed by atoms with Gasteiger partial charge in [0.1, 0.15) is 0 Å². The molecular weight excluding hydrogens is 370 g/mol. The molecule has 2 aromatic carbocycles. The number of ether oxygens (including phenoxy) is 2. The summed E-state index contributed by atoms with van der Waals surface area (Å²) >= 11 is 3.37. The number of halogens is 1. The van der Waals surface area contributed by atoms with Gasteiger partial charge in [-0.05, 0) is 62.2 Å². The van der Waals surface area contributed by atoms with Crippen molar-refractivity contribution in [3.63, 3.8) is 0 Å². The molecule has 5 heteroatoms. The molecule has 128 valence electrons. The standard InChI is InChI=1S/C19H22BrNO3/c1-3-23-17-11-5-14(13-18(17)24-4-2)6-12-19(22)21-16-9-7-15(20)8-10-16/h5,7-11,13H,3-4,6,12H2,1-2H3,(H,21,22). The number of carbonyl (C=O) groups excluding carboxylic acids is 1. The number of hydrogen-bond donors (Lipinski definition) is 1. The maximum atomic E-state index is 12.1. The first-order valence-electron chi connectivity index (χ1n) is 8.06. The van der Waals surface area contributed by atoms with Crippen molar-refractivity contribution in [2.24, 2.45) is 0 Å². The Hall–Kier alpha value is -2.01. The Balaban J connectivity index is 1.94. The van der Waals surface area contributed by atoms with E-state index in [0.717, 1.165) is 27.2 Å². The van der Waals surface area contributed by atoms with E-state index in [4.69, 9.17) is 9.47 Å². The SMILES string of the molecule is CCOc1ccc(CCC(=O)Nc2ccc(Br)cc2)cc1OCC. The summed E-state index contributed by atoms with van der Waals surface area (Å²) in [6.07, 6.45) is 1.06. The molecule has 0 atom stereocenters. The van der Waals surface area contributed by atoms with E-state index in [9.17, 15) is 4.79 Å². The second-order valence-corrected chi connectivity index (χ2v) is 6.12. The molecule has 2 aromatic rings. The lowest BCUT2D eigenvalue weighted by atomic mass is 10.1. The maximum absolute atomic E-state index is 12.1. The number of amides is 1. The van der Waals surface area contributed by atoms with E-state index >= 15 is 0 Å². The Morgan fingerprint density at radius 3 is 2.33 bits per heavy atom. The van der Waals surface area contributed by atoms with Crippen molar-refractivity contribution >= 4 is 27.5 Å². The fourth-order valence-electron chi connectivity index (χ4n) is 2.27. The lowest BCUT2D eigenvalue weighted by molar-refractivity contribution is -0.116. The fourth-order valence-corrected chi connectivity index (χ4v) is 2.53. The van der Waals surface area contributed by atoms with E-state index in [0.29, 0.717) is 26.1 Å². The van der Waals surface area contributed by atoms with Gasteiger partial charge in [0.05, 0.1) is 13.2 Å². The molecule has 0 spiro atoms. The van der Waals surface area contributed by atoms with Crippen LogP contribution in [0.15, 0.2) is 46.9 Å². The van der Waals surface area contributed by atoms with Crippen molar-refractivity contribution in [2.45, 2.75) is 26.7 Å². The summed E-state index contributed by atoms with van der Waals surface area (Å²) in [6.45, 7) is 5.05. The molecule has 2 rings (SSSR count). The fraction of sp³-hybridized carbons (Fsp3) is 0.316. The zero-order valence-electron chi connectivity index (χ0n) is 14.0. The quantitative estimate of drug-likeness (QED) is 0.701. The lowest BCUT2D eigenvalue weighted by Crippen LogP contribution is -2.12. The van der Waals surface area contributed by atoms with Gasteiger partial charge in [0, 0.05) is 16.6 Å². The van der Waals surface area contributed by atoms with E-state index < -0.39 is 0 Å². The first kappa shape index (κ1) is 18.3. The smallest absolute Gasteiger partial charge is 0.224 e. The van der Waals surface area contributed by atoms with Gasteiger partial charge < -0.3 is 14.8 Å². The van der Waals surface area contributed by atoms with E-state index in [1.165, 1.54) is 0 Å². The molecule has 4 nitrogen and oxygen atoms in total. The molecule has 0 fully saturated rings. The average Bonchev–Trinajstić information content (AvgIpc) is 2.57. The van der Waals surface area contributed by atoms with Crippen LogP contribution in [0.3, 0.4) is 0 Å². The molecule has 0 aliphatic carbocycles. The third-order valence-electron chi connectivity index (χ3n) is 3.38. The molecule has 0 bridgehead atoms. The summed E-state index contributed by atoms with van der Waals surface area (Å²) in [6, 6.07) is 13.4. The summed E-state index contributed by atoms with van der Waals surface area (Å²) in [7, 11) is 0. The maximum Gasteiger partial charge on any atom is 0.224 e. The lowest BCUT2D eigenvalue weighted by Gasteiger charge is -2.12. The van der Waals surface area contributed by atoms with Crippen LogP contribution in [0.5, 0.6) is 11.5 Å². The highest BCUT2D eigenvalue weighted by molar-refractivity contribution is 9.10. The van der Waals surface area contributed by atoms with Crippen LogP contribution >= 0.6 is 15.9 Å². The number of anilines is 1. The first-order valence-corrected chi connectivity index (χ1v) is 8.85. The molecular formula is C19H22BrNO3. The minimum atomic E-state index is -0.0100. The van der Waals surface area contributed by atoms with Gasteiger partial charge in [-0.2, -0.15) is 0 Å². The van der Waals surface area contributed by atoms with Crippen LogP contribution in [0.2, 0.25) is 0 Å². The predicted octanol–water partition coefficient (Wildman–Crippen LogP) is 4.82. The molecule has 24 heavy (non-hydrogen) atoms. The highest BCUT2D eigenvalue weighted by atomic mass is 79.9. The van der Waals surface area contributed by atoms with E-state index in [-0.39, 0.29) is 5.91 Å². The van der Waals surface area contributed by atoms with Crippen molar-refractivity contribution in [1.82, 2.24) is 0 Å². The zero-order valence-corrected chi connectivity index (χ0v) is 15.6. The second-order valence-electron chi connectivity index (χ2n) is 5.20. The normalized spacial score (nSPS) is 10.3. The number of rotatable bonds is 8. The Morgan fingerprint density at radius 1 is 1.00 bits per heavy atom. The second kappa shape index (κ2) is 9.33. The molecule has 0 radical (unpaired) electrons. The third-order valence-corrected chi connectivity index (χ3v) is 3.91. The molecule has 1 amide bonds. The van der Waals surface area contributed by atoms with Crippen LogP contribution in [-0.2, 0) is 11.2 Å². The summed E-state index contributed by atoms with van der Waals surface area (Å²) in [5, 5.41) is 2.90. The van der Waals surface area contributed by atoms with Gasteiger partial charge in [-0.25, -0.2) is 0 Å². The third kappa shape index (κ3) is 5.57. The minimum absolute atomic E-state index is 0.0100. The van der Waals surface area contributed by atoms with Gasteiger partial charge in [-0.15, -0.1) is 0 Å². The molecule has 0 aliphatic rings. The molecule has 0 aromatic heterocycles. The van der Waals surface area contributed by atoms with Gasteiger partial charge in [0.15, 0.2) is 11.5 Å². The van der Waals surface area contributed by atoms with Crippen molar-refractivity contribution < 1.29 is 14.3 Å². The molecule has 0 unspecified atom stereocenters. The number of aryl methyl sites for hydroxylation is 1. The van der Waals surface area contributed by atoms with Crippen LogP contribution in [0.25, 0.3) is 0 Å².